The van der Waals surface area contributed by atoms with Gasteiger partial charge in [-0.05, 0) is 48.5 Å². The number of esters is 1. The van der Waals surface area contributed by atoms with Gasteiger partial charge >= 0.3 is 5.97 Å². The second-order valence-electron chi connectivity index (χ2n) is 9.19. The lowest BCUT2D eigenvalue weighted by atomic mass is 10.2. The Balaban J connectivity index is 1.50. The highest BCUT2D eigenvalue weighted by Gasteiger charge is 2.20. The third-order valence-corrected chi connectivity index (χ3v) is 6.22. The number of rotatable bonds is 14. The van der Waals surface area contributed by atoms with Crippen LogP contribution in [0.3, 0.4) is 0 Å². The van der Waals surface area contributed by atoms with Crippen molar-refractivity contribution in [1.29, 1.82) is 0 Å². The standard InChI is InChI=1S/C30H34N6O3/c1-38-29(22-35(18-25-9-3-6-14-31-25)19-26-10-4-7-15-32-26)23-36(20-27-11-5-8-16-33-27)21-28-13-12-24(17-34-28)30(37)39-2/h3-17,29H,18-23H2,1-2H3. The van der Waals surface area contributed by atoms with Crippen LogP contribution in [0.5, 0.6) is 0 Å². The Hall–Kier alpha value is -4.05. The van der Waals surface area contributed by atoms with Gasteiger partial charge in [0.15, 0.2) is 0 Å². The molecule has 4 aromatic rings. The molecule has 9 heteroatoms. The zero-order valence-corrected chi connectivity index (χ0v) is 22.4. The maximum absolute atomic E-state index is 11.8. The molecular weight excluding hydrogens is 492 g/mol. The summed E-state index contributed by atoms with van der Waals surface area (Å²) in [5, 5.41) is 0. The Bertz CT molecular complexity index is 1220. The minimum atomic E-state index is -0.403. The summed E-state index contributed by atoms with van der Waals surface area (Å²) in [7, 11) is 3.10. The van der Waals surface area contributed by atoms with E-state index in [2.05, 4.69) is 29.7 Å². The molecular formula is C30H34N6O3. The van der Waals surface area contributed by atoms with Gasteiger partial charge in [0, 0.05) is 71.2 Å². The second-order valence-corrected chi connectivity index (χ2v) is 9.19. The van der Waals surface area contributed by atoms with E-state index in [1.165, 1.54) is 7.11 Å². The molecule has 0 amide bonds. The van der Waals surface area contributed by atoms with Crippen LogP contribution in [-0.2, 0) is 35.7 Å². The molecule has 4 aromatic heterocycles. The van der Waals surface area contributed by atoms with Crippen molar-refractivity contribution in [2.75, 3.05) is 27.3 Å². The predicted octanol–water partition coefficient (Wildman–Crippen LogP) is 3.77. The summed E-state index contributed by atoms with van der Waals surface area (Å²) >= 11 is 0. The van der Waals surface area contributed by atoms with E-state index in [0.717, 1.165) is 22.8 Å². The second kappa shape index (κ2) is 14.8. The summed E-state index contributed by atoms with van der Waals surface area (Å²) < 4.78 is 10.8. The van der Waals surface area contributed by atoms with Crippen LogP contribution in [0, 0.1) is 0 Å². The highest BCUT2D eigenvalue weighted by molar-refractivity contribution is 5.88. The zero-order chi connectivity index (χ0) is 27.3. The number of carbonyl (C=O) groups is 1. The summed E-state index contributed by atoms with van der Waals surface area (Å²) in [6.07, 6.45) is 6.88. The van der Waals surface area contributed by atoms with Crippen molar-refractivity contribution in [2.45, 2.75) is 32.3 Å². The smallest absolute Gasteiger partial charge is 0.339 e. The fraction of sp³-hybridized carbons (Fsp3) is 0.300. The highest BCUT2D eigenvalue weighted by atomic mass is 16.5. The molecule has 0 aliphatic rings. The molecule has 0 spiro atoms. The molecule has 1 atom stereocenters. The largest absolute Gasteiger partial charge is 0.465 e. The zero-order valence-electron chi connectivity index (χ0n) is 22.4. The molecule has 39 heavy (non-hydrogen) atoms. The van der Waals surface area contributed by atoms with Crippen molar-refractivity contribution >= 4 is 5.97 Å². The average Bonchev–Trinajstić information content (AvgIpc) is 2.98. The maximum atomic E-state index is 11.8. The predicted molar refractivity (Wildman–Crippen MR) is 147 cm³/mol. The first-order valence-corrected chi connectivity index (χ1v) is 12.8. The first kappa shape index (κ1) is 28.0. The summed E-state index contributed by atoms with van der Waals surface area (Å²) in [5.74, 6) is -0.403. The number of hydrogen-bond acceptors (Lipinski definition) is 9. The van der Waals surface area contributed by atoms with Crippen LogP contribution >= 0.6 is 0 Å². The third kappa shape index (κ3) is 9.03. The molecule has 202 valence electrons. The minimum absolute atomic E-state index is 0.101. The molecule has 4 rings (SSSR count). The quantitative estimate of drug-likeness (QED) is 0.228. The number of nitrogens with zero attached hydrogens (tertiary/aromatic N) is 6. The van der Waals surface area contributed by atoms with E-state index in [0.29, 0.717) is 44.8 Å². The Morgan fingerprint density at radius 1 is 0.667 bits per heavy atom. The van der Waals surface area contributed by atoms with Gasteiger partial charge < -0.3 is 9.47 Å². The van der Waals surface area contributed by atoms with E-state index in [-0.39, 0.29) is 6.10 Å². The monoisotopic (exact) mass is 526 g/mol. The van der Waals surface area contributed by atoms with Crippen molar-refractivity contribution in [3.8, 4) is 0 Å². The number of hydrogen-bond donors (Lipinski definition) is 0. The fourth-order valence-corrected chi connectivity index (χ4v) is 4.30. The molecule has 1 unspecified atom stereocenters. The molecule has 4 heterocycles. The maximum Gasteiger partial charge on any atom is 0.339 e. The molecule has 9 nitrogen and oxygen atoms in total. The van der Waals surface area contributed by atoms with E-state index >= 15 is 0 Å². The van der Waals surface area contributed by atoms with Crippen LogP contribution in [-0.4, -0.2) is 69.1 Å². The Morgan fingerprint density at radius 3 is 1.46 bits per heavy atom. The van der Waals surface area contributed by atoms with E-state index in [1.807, 2.05) is 73.1 Å². The van der Waals surface area contributed by atoms with E-state index in [1.54, 1.807) is 25.6 Å². The molecule has 0 fully saturated rings. The minimum Gasteiger partial charge on any atom is -0.465 e. The molecule has 0 aromatic carbocycles. The van der Waals surface area contributed by atoms with E-state index < -0.39 is 5.97 Å². The lowest BCUT2D eigenvalue weighted by Crippen LogP contribution is -2.41. The van der Waals surface area contributed by atoms with Crippen molar-refractivity contribution in [3.05, 3.63) is 120 Å². The van der Waals surface area contributed by atoms with Crippen LogP contribution in [0.4, 0.5) is 0 Å². The lowest BCUT2D eigenvalue weighted by molar-refractivity contribution is 0.0258. The van der Waals surface area contributed by atoms with E-state index in [9.17, 15) is 4.79 Å². The molecule has 0 radical (unpaired) electrons. The van der Waals surface area contributed by atoms with Crippen LogP contribution in [0.25, 0.3) is 0 Å². The van der Waals surface area contributed by atoms with Gasteiger partial charge in [0.1, 0.15) is 0 Å². The van der Waals surface area contributed by atoms with Gasteiger partial charge in [-0.3, -0.25) is 29.7 Å². The first-order chi connectivity index (χ1) is 19.1. The van der Waals surface area contributed by atoms with Crippen LogP contribution in [0.15, 0.2) is 91.5 Å². The topological polar surface area (TPSA) is 93.6 Å². The normalized spacial score (nSPS) is 12.0. The fourth-order valence-electron chi connectivity index (χ4n) is 4.30. The van der Waals surface area contributed by atoms with Gasteiger partial charge in [-0.15, -0.1) is 0 Å². The lowest BCUT2D eigenvalue weighted by Gasteiger charge is -2.30. The molecule has 0 saturated heterocycles. The number of ether oxygens (including phenoxy) is 2. The third-order valence-electron chi connectivity index (χ3n) is 6.22. The van der Waals surface area contributed by atoms with Gasteiger partial charge in [-0.25, -0.2) is 4.79 Å². The molecule has 0 aliphatic heterocycles. The van der Waals surface area contributed by atoms with Gasteiger partial charge in [-0.2, -0.15) is 0 Å². The Morgan fingerprint density at radius 2 is 1.13 bits per heavy atom. The van der Waals surface area contributed by atoms with Crippen LogP contribution in [0.2, 0.25) is 0 Å². The number of carbonyl (C=O) groups excluding carboxylic acids is 1. The molecule has 0 bridgehead atoms. The molecule has 0 saturated carbocycles. The van der Waals surface area contributed by atoms with Crippen molar-refractivity contribution in [2.24, 2.45) is 0 Å². The van der Waals surface area contributed by atoms with E-state index in [4.69, 9.17) is 9.47 Å². The van der Waals surface area contributed by atoms with Crippen LogP contribution in [0.1, 0.15) is 33.1 Å². The number of aromatic nitrogens is 4. The SMILES string of the molecule is COC(=O)c1ccc(CN(Cc2ccccn2)CC(CN(Cc2ccccn2)Cc2ccccn2)OC)nc1. The number of methoxy groups -OCH3 is 2. The first-order valence-electron chi connectivity index (χ1n) is 12.8. The van der Waals surface area contributed by atoms with Gasteiger partial charge in [0.05, 0.1) is 41.6 Å². The Labute approximate surface area is 229 Å². The van der Waals surface area contributed by atoms with Gasteiger partial charge in [-0.1, -0.05) is 18.2 Å². The van der Waals surface area contributed by atoms with Crippen molar-refractivity contribution in [3.63, 3.8) is 0 Å². The molecule has 0 aliphatic carbocycles. The van der Waals surface area contributed by atoms with Gasteiger partial charge in [0.2, 0.25) is 0 Å². The Kier molecular flexibility index (Phi) is 10.6. The number of pyridine rings is 4. The van der Waals surface area contributed by atoms with Crippen molar-refractivity contribution in [1.82, 2.24) is 29.7 Å². The van der Waals surface area contributed by atoms with Gasteiger partial charge in [0.25, 0.3) is 0 Å². The average molecular weight is 527 g/mol. The highest BCUT2D eigenvalue weighted by Crippen LogP contribution is 2.14. The van der Waals surface area contributed by atoms with Crippen LogP contribution < -0.4 is 0 Å². The summed E-state index contributed by atoms with van der Waals surface area (Å²) in [5.41, 5.74) is 4.20. The summed E-state index contributed by atoms with van der Waals surface area (Å²) in [4.78, 5) is 34.5. The summed E-state index contributed by atoms with van der Waals surface area (Å²) in [6.45, 7) is 3.87. The van der Waals surface area contributed by atoms with Crippen molar-refractivity contribution < 1.29 is 14.3 Å². The molecule has 0 N–H and O–H groups in total. The summed E-state index contributed by atoms with van der Waals surface area (Å²) in [6, 6.07) is 21.4.